The molecule has 0 amide bonds. The van der Waals surface area contributed by atoms with Crippen LogP contribution >= 0.6 is 11.6 Å². The predicted octanol–water partition coefficient (Wildman–Crippen LogP) is 2.85. The summed E-state index contributed by atoms with van der Waals surface area (Å²) in [5.74, 6) is -0.347. The average Bonchev–Trinajstić information content (AvgIpc) is 2.05. The monoisotopic (exact) mass is 200 g/mol. The Balaban J connectivity index is 2.43. The first-order valence-electron chi connectivity index (χ1n) is 4.30. The van der Waals surface area contributed by atoms with Gasteiger partial charge in [-0.1, -0.05) is 11.6 Å². The van der Waals surface area contributed by atoms with Crippen molar-refractivity contribution in [2.24, 2.45) is 0 Å². The molecular weight excluding hydrogens is 191 g/mol. The molecule has 0 atom stereocenters. The zero-order chi connectivity index (χ0) is 9.47. The fraction of sp³-hybridized carbons (Fsp3) is 0.400. The van der Waals surface area contributed by atoms with Crippen LogP contribution in [0.15, 0.2) is 18.2 Å². The lowest BCUT2D eigenvalue weighted by Gasteiger charge is -2.37. The van der Waals surface area contributed by atoms with Crippen LogP contribution in [0.1, 0.15) is 24.8 Å². The highest BCUT2D eigenvalue weighted by Gasteiger charge is 2.37. The molecule has 0 unspecified atom stereocenters. The molecule has 3 heteroatoms. The van der Waals surface area contributed by atoms with Crippen molar-refractivity contribution in [3.05, 3.63) is 34.6 Å². The Bertz CT molecular complexity index is 334. The van der Waals surface area contributed by atoms with Crippen LogP contribution < -0.4 is 0 Å². The van der Waals surface area contributed by atoms with Gasteiger partial charge in [-0.05, 0) is 37.5 Å². The third-order valence-corrected chi connectivity index (χ3v) is 2.94. The van der Waals surface area contributed by atoms with E-state index in [4.69, 9.17) is 11.6 Å². The van der Waals surface area contributed by atoms with E-state index in [9.17, 15) is 9.50 Å². The van der Waals surface area contributed by atoms with E-state index in [1.165, 1.54) is 18.2 Å². The molecule has 13 heavy (non-hydrogen) atoms. The minimum Gasteiger partial charge on any atom is -0.385 e. The lowest BCUT2D eigenvalue weighted by molar-refractivity contribution is -0.0389. The van der Waals surface area contributed by atoms with E-state index in [2.05, 4.69) is 0 Å². The van der Waals surface area contributed by atoms with Crippen molar-refractivity contribution in [3.8, 4) is 0 Å². The second kappa shape index (κ2) is 2.96. The zero-order valence-corrected chi connectivity index (χ0v) is 7.81. The van der Waals surface area contributed by atoms with E-state index in [-0.39, 0.29) is 5.82 Å². The van der Waals surface area contributed by atoms with Crippen LogP contribution in [-0.4, -0.2) is 5.11 Å². The molecule has 1 nitrogen and oxygen atoms in total. The van der Waals surface area contributed by atoms with Crippen LogP contribution in [0.3, 0.4) is 0 Å². The van der Waals surface area contributed by atoms with Gasteiger partial charge in [-0.3, -0.25) is 0 Å². The van der Waals surface area contributed by atoms with Gasteiger partial charge in [0.05, 0.1) is 5.60 Å². The van der Waals surface area contributed by atoms with Crippen molar-refractivity contribution in [1.82, 2.24) is 0 Å². The summed E-state index contributed by atoms with van der Waals surface area (Å²) in [5, 5.41) is 10.4. The Morgan fingerprint density at radius 2 is 2.08 bits per heavy atom. The lowest BCUT2D eigenvalue weighted by Crippen LogP contribution is -2.34. The first kappa shape index (κ1) is 8.97. The molecule has 70 valence electrons. The summed E-state index contributed by atoms with van der Waals surface area (Å²) in [6, 6.07) is 4.11. The maximum atomic E-state index is 12.9. The number of rotatable bonds is 1. The largest absolute Gasteiger partial charge is 0.385 e. The molecule has 0 radical (unpaired) electrons. The van der Waals surface area contributed by atoms with Crippen molar-refractivity contribution in [2.45, 2.75) is 24.9 Å². The van der Waals surface area contributed by atoms with Gasteiger partial charge in [-0.25, -0.2) is 4.39 Å². The van der Waals surface area contributed by atoms with E-state index >= 15 is 0 Å². The first-order valence-corrected chi connectivity index (χ1v) is 4.67. The van der Waals surface area contributed by atoms with E-state index < -0.39 is 5.60 Å². The first-order chi connectivity index (χ1) is 6.12. The van der Waals surface area contributed by atoms with E-state index in [1.54, 1.807) is 0 Å². The molecule has 0 spiro atoms. The number of hydrogen-bond acceptors (Lipinski definition) is 1. The number of hydrogen-bond donors (Lipinski definition) is 1. The van der Waals surface area contributed by atoms with Crippen molar-refractivity contribution in [2.75, 3.05) is 0 Å². The Morgan fingerprint density at radius 1 is 1.38 bits per heavy atom. The quantitative estimate of drug-likeness (QED) is 0.739. The summed E-state index contributed by atoms with van der Waals surface area (Å²) < 4.78 is 12.9. The van der Waals surface area contributed by atoms with Crippen LogP contribution in [0, 0.1) is 5.82 Å². The maximum Gasteiger partial charge on any atom is 0.123 e. The topological polar surface area (TPSA) is 20.2 Å². The van der Waals surface area contributed by atoms with Gasteiger partial charge >= 0.3 is 0 Å². The summed E-state index contributed by atoms with van der Waals surface area (Å²) in [6.45, 7) is 0. The Morgan fingerprint density at radius 3 is 2.62 bits per heavy atom. The third kappa shape index (κ3) is 1.45. The van der Waals surface area contributed by atoms with Crippen LogP contribution in [-0.2, 0) is 5.60 Å². The second-order valence-electron chi connectivity index (χ2n) is 3.51. The van der Waals surface area contributed by atoms with Gasteiger partial charge in [-0.2, -0.15) is 0 Å². The van der Waals surface area contributed by atoms with E-state index in [1.807, 2.05) is 0 Å². The molecule has 1 aliphatic carbocycles. The number of aliphatic hydroxyl groups is 1. The molecular formula is C10H10ClFO. The molecule has 1 saturated carbocycles. The highest BCUT2D eigenvalue weighted by Crippen LogP contribution is 2.43. The van der Waals surface area contributed by atoms with Crippen LogP contribution in [0.2, 0.25) is 5.02 Å². The fourth-order valence-corrected chi connectivity index (χ4v) is 1.93. The van der Waals surface area contributed by atoms with E-state index in [0.717, 1.165) is 6.42 Å². The third-order valence-electron chi connectivity index (χ3n) is 2.61. The molecule has 0 bridgehead atoms. The van der Waals surface area contributed by atoms with Gasteiger partial charge in [0.25, 0.3) is 0 Å². The molecule has 0 saturated heterocycles. The number of halogens is 2. The summed E-state index contributed by atoms with van der Waals surface area (Å²) in [4.78, 5) is 0. The molecule has 0 heterocycles. The molecule has 1 fully saturated rings. The predicted molar refractivity (Wildman–Crippen MR) is 49.2 cm³/mol. The summed E-state index contributed by atoms with van der Waals surface area (Å²) in [6.07, 6.45) is 2.33. The standard InChI is InChI=1S/C10H10ClFO/c11-9-3-2-7(12)6-8(9)10(13)4-1-5-10/h2-3,6,13H,1,4-5H2. The Kier molecular flexibility index (Phi) is 2.05. The van der Waals surface area contributed by atoms with E-state index in [0.29, 0.717) is 23.4 Å². The fourth-order valence-electron chi connectivity index (χ4n) is 1.64. The molecule has 0 aliphatic heterocycles. The molecule has 1 aliphatic rings. The van der Waals surface area contributed by atoms with Gasteiger partial charge in [-0.15, -0.1) is 0 Å². The summed E-state index contributed by atoms with van der Waals surface area (Å²) in [5.41, 5.74) is -0.348. The highest BCUT2D eigenvalue weighted by molar-refractivity contribution is 6.31. The van der Waals surface area contributed by atoms with Gasteiger partial charge in [0.15, 0.2) is 0 Å². The van der Waals surface area contributed by atoms with Gasteiger partial charge in [0.2, 0.25) is 0 Å². The molecule has 1 aromatic carbocycles. The van der Waals surface area contributed by atoms with Crippen molar-refractivity contribution in [3.63, 3.8) is 0 Å². The van der Waals surface area contributed by atoms with Gasteiger partial charge in [0.1, 0.15) is 5.82 Å². The van der Waals surface area contributed by atoms with Crippen molar-refractivity contribution < 1.29 is 9.50 Å². The Hall–Kier alpha value is -0.600. The highest BCUT2D eigenvalue weighted by atomic mass is 35.5. The van der Waals surface area contributed by atoms with Crippen LogP contribution in [0.5, 0.6) is 0 Å². The van der Waals surface area contributed by atoms with Gasteiger partial charge in [0, 0.05) is 10.6 Å². The number of benzene rings is 1. The van der Waals surface area contributed by atoms with Crippen molar-refractivity contribution >= 4 is 11.6 Å². The lowest BCUT2D eigenvalue weighted by atomic mass is 9.75. The van der Waals surface area contributed by atoms with Crippen LogP contribution in [0.25, 0.3) is 0 Å². The molecule has 1 aromatic rings. The maximum absolute atomic E-state index is 12.9. The van der Waals surface area contributed by atoms with Crippen LogP contribution in [0.4, 0.5) is 4.39 Å². The summed E-state index contributed by atoms with van der Waals surface area (Å²) in [7, 11) is 0. The minimum absolute atomic E-state index is 0.347. The normalized spacial score (nSPS) is 19.6. The molecule has 0 aromatic heterocycles. The average molecular weight is 201 g/mol. The minimum atomic E-state index is -0.876. The second-order valence-corrected chi connectivity index (χ2v) is 3.92. The Labute approximate surface area is 81.1 Å². The molecule has 2 rings (SSSR count). The summed E-state index contributed by atoms with van der Waals surface area (Å²) >= 11 is 5.87. The SMILES string of the molecule is OC1(c2cc(F)ccc2Cl)CCC1. The van der Waals surface area contributed by atoms with Crippen molar-refractivity contribution in [1.29, 1.82) is 0 Å². The van der Waals surface area contributed by atoms with Gasteiger partial charge < -0.3 is 5.11 Å². The smallest absolute Gasteiger partial charge is 0.123 e. The molecule has 1 N–H and O–H groups in total. The zero-order valence-electron chi connectivity index (χ0n) is 7.06.